The molecule has 1 fully saturated rings. The molecule has 0 bridgehead atoms. The molecule has 0 N–H and O–H groups in total. The minimum atomic E-state index is -1.79. The van der Waals surface area contributed by atoms with Gasteiger partial charge in [-0.1, -0.05) is 115 Å². The van der Waals surface area contributed by atoms with Gasteiger partial charge in [-0.2, -0.15) is 10.5 Å². The van der Waals surface area contributed by atoms with E-state index in [1.165, 1.54) is 34.7 Å². The summed E-state index contributed by atoms with van der Waals surface area (Å²) in [6.07, 6.45) is 9.45. The van der Waals surface area contributed by atoms with Crippen LogP contribution in [0.3, 0.4) is 0 Å². The van der Waals surface area contributed by atoms with E-state index < -0.39 is 8.32 Å². The molecule has 244 valence electrons. The maximum absolute atomic E-state index is 8.65. The first-order chi connectivity index (χ1) is 23.8. The Hall–Kier alpha value is -4.53. The molecule has 5 aromatic carbocycles. The van der Waals surface area contributed by atoms with Crippen molar-refractivity contribution >= 4 is 42.2 Å². The quantitative estimate of drug-likeness (QED) is 0.102. The van der Waals surface area contributed by atoms with Crippen LogP contribution in [-0.4, -0.2) is 8.32 Å². The predicted octanol–water partition coefficient (Wildman–Crippen LogP) is 11.1. The molecule has 1 heterocycles. The maximum Gasteiger partial charge on any atom is 0.219 e. The smallest absolute Gasteiger partial charge is 0.219 e. The van der Waals surface area contributed by atoms with E-state index in [2.05, 4.69) is 139 Å². The van der Waals surface area contributed by atoms with Crippen molar-refractivity contribution in [1.29, 1.82) is 10.5 Å². The minimum absolute atomic E-state index is 0.239. The maximum atomic E-state index is 8.65. The summed E-state index contributed by atoms with van der Waals surface area (Å²) in [7, 11) is -1.79. The fourth-order valence-electron chi connectivity index (χ4n) is 6.65. The SMILES string of the molecule is C=CC1CC(/C=C/c2ccccc2)C(C2O[Si](C)(C)c3ccccc32)C1.N#Cc1ccc(-c2ccccc2)cc1.N#Cc1ccc(I)cc1. The molecule has 5 heteroatoms. The summed E-state index contributed by atoms with van der Waals surface area (Å²) < 4.78 is 7.91. The summed E-state index contributed by atoms with van der Waals surface area (Å²) in [5.41, 5.74) is 6.45. The van der Waals surface area contributed by atoms with Crippen LogP contribution >= 0.6 is 22.6 Å². The third kappa shape index (κ3) is 9.55. The molecule has 0 radical (unpaired) electrons. The Labute approximate surface area is 306 Å². The van der Waals surface area contributed by atoms with E-state index in [0.29, 0.717) is 23.3 Å². The second-order valence-electron chi connectivity index (χ2n) is 12.9. The van der Waals surface area contributed by atoms with Crippen LogP contribution in [-0.2, 0) is 4.43 Å². The second kappa shape index (κ2) is 17.2. The zero-order valence-corrected chi connectivity index (χ0v) is 31.2. The summed E-state index contributed by atoms with van der Waals surface area (Å²) >= 11 is 2.20. The molecule has 0 amide bonds. The Kier molecular flexibility index (Phi) is 12.6. The van der Waals surface area contributed by atoms with E-state index >= 15 is 0 Å². The van der Waals surface area contributed by atoms with Crippen LogP contribution in [0.5, 0.6) is 0 Å². The van der Waals surface area contributed by atoms with Gasteiger partial charge in [-0.25, -0.2) is 0 Å². The van der Waals surface area contributed by atoms with E-state index in [-0.39, 0.29) is 6.10 Å². The first kappa shape index (κ1) is 35.8. The molecular weight excluding hydrogens is 727 g/mol. The fraction of sp³-hybridized carbons (Fsp3) is 0.182. The summed E-state index contributed by atoms with van der Waals surface area (Å²) in [5.74, 6) is 1.67. The van der Waals surface area contributed by atoms with Crippen LogP contribution in [0, 0.1) is 44.0 Å². The van der Waals surface area contributed by atoms with E-state index in [4.69, 9.17) is 14.9 Å². The summed E-state index contributed by atoms with van der Waals surface area (Å²) in [5, 5.41) is 18.5. The average molecular weight is 769 g/mol. The molecule has 0 saturated heterocycles. The van der Waals surface area contributed by atoms with Crippen molar-refractivity contribution in [2.75, 3.05) is 0 Å². The first-order valence-electron chi connectivity index (χ1n) is 16.7. The number of hydrogen-bond donors (Lipinski definition) is 0. The molecule has 1 aliphatic carbocycles. The second-order valence-corrected chi connectivity index (χ2v) is 17.9. The zero-order valence-electron chi connectivity index (χ0n) is 28.0. The van der Waals surface area contributed by atoms with Crippen LogP contribution in [0.4, 0.5) is 0 Å². The Bertz CT molecular complexity index is 1920. The number of fused-ring (bicyclic) bond motifs is 1. The van der Waals surface area contributed by atoms with Gasteiger partial charge in [-0.15, -0.1) is 6.58 Å². The van der Waals surface area contributed by atoms with Gasteiger partial charge in [0.25, 0.3) is 0 Å². The molecule has 2 aliphatic rings. The normalized spacial score (nSPS) is 20.0. The molecule has 0 aromatic heterocycles. The van der Waals surface area contributed by atoms with E-state index in [9.17, 15) is 0 Å². The molecular formula is C44H41IN2OSi. The van der Waals surface area contributed by atoms with Crippen molar-refractivity contribution in [1.82, 2.24) is 0 Å². The standard InChI is InChI=1S/C24H28OSi.C13H9N.C7H4IN/c1-4-18-16-20(15-14-19-10-6-5-7-11-19)22(17-18)24-21-12-8-9-13-23(21)26(2,3)25-24;14-10-11-6-8-13(9-7-11)12-4-2-1-3-5-12;8-7-3-1-6(5-9)2-4-7/h4-15,18,20,22,24H,1,16-17H2,2-3H3;1-9H;1-4H/b15-14+;;. The lowest BCUT2D eigenvalue weighted by atomic mass is 9.86. The summed E-state index contributed by atoms with van der Waals surface area (Å²) in [6.45, 7) is 8.74. The third-order valence-electron chi connectivity index (χ3n) is 9.19. The highest BCUT2D eigenvalue weighted by molar-refractivity contribution is 14.1. The Balaban J connectivity index is 0.000000169. The van der Waals surface area contributed by atoms with Crippen molar-refractivity contribution in [3.63, 3.8) is 0 Å². The minimum Gasteiger partial charge on any atom is -0.406 e. The molecule has 1 saturated carbocycles. The number of hydrogen-bond acceptors (Lipinski definition) is 3. The average Bonchev–Trinajstić information content (AvgIpc) is 3.69. The highest BCUT2D eigenvalue weighted by Gasteiger charge is 2.47. The van der Waals surface area contributed by atoms with Crippen molar-refractivity contribution in [2.45, 2.75) is 32.0 Å². The highest BCUT2D eigenvalue weighted by atomic mass is 127. The van der Waals surface area contributed by atoms with Crippen molar-refractivity contribution in [3.05, 3.63) is 178 Å². The molecule has 4 unspecified atom stereocenters. The molecule has 4 atom stereocenters. The van der Waals surface area contributed by atoms with Crippen molar-refractivity contribution in [3.8, 4) is 23.3 Å². The van der Waals surface area contributed by atoms with E-state index in [0.717, 1.165) is 14.7 Å². The zero-order chi connectivity index (χ0) is 34.6. The van der Waals surface area contributed by atoms with Gasteiger partial charge in [-0.05, 0) is 130 Å². The molecule has 49 heavy (non-hydrogen) atoms. The summed E-state index contributed by atoms with van der Waals surface area (Å²) in [6, 6.07) is 48.8. The van der Waals surface area contributed by atoms with Crippen LogP contribution < -0.4 is 5.19 Å². The number of nitrogens with zero attached hydrogens (tertiary/aromatic N) is 2. The van der Waals surface area contributed by atoms with Crippen LogP contribution in [0.15, 0.2) is 152 Å². The van der Waals surface area contributed by atoms with Gasteiger partial charge in [0.1, 0.15) is 0 Å². The van der Waals surface area contributed by atoms with Gasteiger partial charge in [0.15, 0.2) is 0 Å². The number of rotatable bonds is 5. The lowest BCUT2D eigenvalue weighted by Crippen LogP contribution is -2.40. The number of benzene rings is 5. The summed E-state index contributed by atoms with van der Waals surface area (Å²) in [4.78, 5) is 0. The largest absolute Gasteiger partial charge is 0.406 e. The fourth-order valence-corrected chi connectivity index (χ4v) is 9.50. The predicted molar refractivity (Wildman–Crippen MR) is 213 cm³/mol. The lowest BCUT2D eigenvalue weighted by molar-refractivity contribution is 0.127. The Morgan fingerprint density at radius 3 is 1.88 bits per heavy atom. The number of allylic oxidation sites excluding steroid dienone is 2. The van der Waals surface area contributed by atoms with Gasteiger partial charge >= 0.3 is 0 Å². The van der Waals surface area contributed by atoms with Crippen molar-refractivity contribution < 1.29 is 4.43 Å². The van der Waals surface area contributed by atoms with Gasteiger partial charge in [0, 0.05) is 3.57 Å². The van der Waals surface area contributed by atoms with Gasteiger partial charge in [0.05, 0.1) is 29.4 Å². The Morgan fingerprint density at radius 2 is 1.27 bits per heavy atom. The van der Waals surface area contributed by atoms with Crippen molar-refractivity contribution in [2.24, 2.45) is 17.8 Å². The van der Waals surface area contributed by atoms with E-state index in [1.807, 2.05) is 66.7 Å². The van der Waals surface area contributed by atoms with E-state index in [1.54, 1.807) is 0 Å². The lowest BCUT2D eigenvalue weighted by Gasteiger charge is -2.27. The molecule has 3 nitrogen and oxygen atoms in total. The van der Waals surface area contributed by atoms with Crippen LogP contribution in [0.25, 0.3) is 17.2 Å². The van der Waals surface area contributed by atoms with Gasteiger partial charge < -0.3 is 4.43 Å². The number of nitriles is 2. The highest BCUT2D eigenvalue weighted by Crippen LogP contribution is 2.49. The molecule has 7 rings (SSSR count). The number of halogens is 1. The topological polar surface area (TPSA) is 56.8 Å². The monoisotopic (exact) mass is 768 g/mol. The molecule has 0 spiro atoms. The van der Waals surface area contributed by atoms with Crippen LogP contribution in [0.1, 0.15) is 41.2 Å². The van der Waals surface area contributed by atoms with Gasteiger partial charge in [-0.3, -0.25) is 0 Å². The van der Waals surface area contributed by atoms with Crippen LogP contribution in [0.2, 0.25) is 13.1 Å². The third-order valence-corrected chi connectivity index (χ3v) is 12.5. The Morgan fingerprint density at radius 1 is 0.714 bits per heavy atom. The molecule has 1 aliphatic heterocycles. The first-order valence-corrected chi connectivity index (χ1v) is 20.6. The van der Waals surface area contributed by atoms with Gasteiger partial charge in [0.2, 0.25) is 8.32 Å². The molecule has 5 aromatic rings.